The molecule has 0 radical (unpaired) electrons. The van der Waals surface area contributed by atoms with Crippen molar-refractivity contribution in [1.29, 1.82) is 0 Å². The minimum absolute atomic E-state index is 0.133. The zero-order valence-electron chi connectivity index (χ0n) is 9.95. The van der Waals surface area contributed by atoms with Crippen molar-refractivity contribution >= 4 is 12.2 Å². The lowest BCUT2D eigenvalue weighted by Crippen LogP contribution is -2.32. The van der Waals surface area contributed by atoms with Crippen LogP contribution in [0.1, 0.15) is 40.0 Å². The molecule has 1 aliphatic heterocycles. The van der Waals surface area contributed by atoms with Gasteiger partial charge in [0.2, 0.25) is 5.91 Å². The third-order valence-corrected chi connectivity index (χ3v) is 3.33. The highest BCUT2D eigenvalue weighted by Crippen LogP contribution is 2.34. The second-order valence-electron chi connectivity index (χ2n) is 5.40. The lowest BCUT2D eigenvalue weighted by atomic mass is 9.77. The van der Waals surface area contributed by atoms with Crippen LogP contribution < -0.4 is 0 Å². The molecule has 1 heterocycles. The Hall–Kier alpha value is -0.860. The predicted molar refractivity (Wildman–Crippen MR) is 59.4 cm³/mol. The first-order valence-electron chi connectivity index (χ1n) is 5.66. The topological polar surface area (TPSA) is 37.4 Å². The van der Waals surface area contributed by atoms with Gasteiger partial charge in [-0.2, -0.15) is 0 Å². The average molecular weight is 211 g/mol. The van der Waals surface area contributed by atoms with Gasteiger partial charge in [0.15, 0.2) is 0 Å². The molecule has 15 heavy (non-hydrogen) atoms. The maximum absolute atomic E-state index is 11.6. The van der Waals surface area contributed by atoms with E-state index >= 15 is 0 Å². The van der Waals surface area contributed by atoms with Gasteiger partial charge < -0.3 is 9.69 Å². The minimum Gasteiger partial charge on any atom is -0.336 e. The smallest absolute Gasteiger partial charge is 0.222 e. The molecule has 1 amide bonds. The van der Waals surface area contributed by atoms with E-state index in [4.69, 9.17) is 0 Å². The van der Waals surface area contributed by atoms with Crippen molar-refractivity contribution in [3.05, 3.63) is 0 Å². The molecule has 3 heteroatoms. The summed E-state index contributed by atoms with van der Waals surface area (Å²) in [6.07, 6.45) is 3.38. The van der Waals surface area contributed by atoms with Crippen molar-refractivity contribution in [1.82, 2.24) is 4.90 Å². The Labute approximate surface area is 91.8 Å². The first-order chi connectivity index (χ1) is 6.95. The molecule has 86 valence electrons. The van der Waals surface area contributed by atoms with Crippen molar-refractivity contribution in [2.24, 2.45) is 11.3 Å². The van der Waals surface area contributed by atoms with Crippen molar-refractivity contribution in [3.63, 3.8) is 0 Å². The summed E-state index contributed by atoms with van der Waals surface area (Å²) in [5.41, 5.74) is 0.261. The zero-order chi connectivity index (χ0) is 11.5. The molecule has 0 saturated carbocycles. The highest BCUT2D eigenvalue weighted by Gasteiger charge is 2.29. The molecule has 1 atom stereocenters. The third kappa shape index (κ3) is 3.33. The summed E-state index contributed by atoms with van der Waals surface area (Å²) in [6, 6.07) is 0. The van der Waals surface area contributed by atoms with Crippen molar-refractivity contribution < 1.29 is 9.59 Å². The molecule has 0 aromatic carbocycles. The molecule has 0 N–H and O–H groups in total. The number of carbonyl (C=O) groups excluding carboxylic acids is 2. The molecule has 0 aromatic rings. The standard InChI is InChI=1S/C12H21NO2/c1-12(2,3)10-4-5-11(15)13(7-6-10)8-9-14/h9-10H,4-8H2,1-3H3. The van der Waals surface area contributed by atoms with E-state index in [1.165, 1.54) is 0 Å². The quantitative estimate of drug-likeness (QED) is 0.654. The van der Waals surface area contributed by atoms with Gasteiger partial charge in [-0.05, 0) is 24.2 Å². The number of carbonyl (C=O) groups is 2. The molecule has 3 nitrogen and oxygen atoms in total. The van der Waals surface area contributed by atoms with Gasteiger partial charge in [-0.3, -0.25) is 4.79 Å². The fraction of sp³-hybridized carbons (Fsp3) is 0.833. The summed E-state index contributed by atoms with van der Waals surface area (Å²) in [5.74, 6) is 0.715. The summed E-state index contributed by atoms with van der Waals surface area (Å²) in [6.45, 7) is 7.65. The molecule has 1 fully saturated rings. The highest BCUT2D eigenvalue weighted by atomic mass is 16.2. The van der Waals surface area contributed by atoms with E-state index in [0.29, 0.717) is 12.3 Å². The van der Waals surface area contributed by atoms with Gasteiger partial charge in [-0.15, -0.1) is 0 Å². The fourth-order valence-corrected chi connectivity index (χ4v) is 2.19. The molecule has 0 spiro atoms. The normalized spacial score (nSPS) is 23.8. The molecule has 0 bridgehead atoms. The van der Waals surface area contributed by atoms with Crippen molar-refractivity contribution in [3.8, 4) is 0 Å². The number of hydrogen-bond acceptors (Lipinski definition) is 2. The molecular weight excluding hydrogens is 190 g/mol. The van der Waals surface area contributed by atoms with E-state index in [0.717, 1.165) is 25.7 Å². The molecule has 1 saturated heterocycles. The van der Waals surface area contributed by atoms with Crippen LogP contribution in [-0.2, 0) is 9.59 Å². The van der Waals surface area contributed by atoms with Crippen LogP contribution in [-0.4, -0.2) is 30.2 Å². The van der Waals surface area contributed by atoms with Gasteiger partial charge >= 0.3 is 0 Å². The Kier molecular flexibility index (Phi) is 3.89. The van der Waals surface area contributed by atoms with Gasteiger partial charge in [0.05, 0.1) is 6.54 Å². The van der Waals surface area contributed by atoms with E-state index < -0.39 is 0 Å². The van der Waals surface area contributed by atoms with Crippen LogP contribution in [0, 0.1) is 11.3 Å². The number of amides is 1. The van der Waals surface area contributed by atoms with E-state index in [9.17, 15) is 9.59 Å². The molecule has 1 unspecified atom stereocenters. The molecule has 0 aromatic heterocycles. The fourth-order valence-electron chi connectivity index (χ4n) is 2.19. The summed E-state index contributed by atoms with van der Waals surface area (Å²) in [5, 5.41) is 0. The SMILES string of the molecule is CC(C)(C)C1CCC(=O)N(CC=O)CC1. The Morgan fingerprint density at radius 2 is 2.07 bits per heavy atom. The molecule has 0 aliphatic carbocycles. The highest BCUT2D eigenvalue weighted by molar-refractivity contribution is 5.78. The van der Waals surface area contributed by atoms with E-state index in [1.807, 2.05) is 0 Å². The van der Waals surface area contributed by atoms with Gasteiger partial charge in [0.1, 0.15) is 6.29 Å². The van der Waals surface area contributed by atoms with E-state index in [2.05, 4.69) is 20.8 Å². The summed E-state index contributed by atoms with van der Waals surface area (Å²) in [7, 11) is 0. The maximum Gasteiger partial charge on any atom is 0.222 e. The van der Waals surface area contributed by atoms with Gasteiger partial charge in [-0.25, -0.2) is 0 Å². The number of hydrogen-bond donors (Lipinski definition) is 0. The average Bonchev–Trinajstić information content (AvgIpc) is 2.29. The van der Waals surface area contributed by atoms with Gasteiger partial charge in [0.25, 0.3) is 0 Å². The molecule has 1 aliphatic rings. The Morgan fingerprint density at radius 1 is 1.40 bits per heavy atom. The predicted octanol–water partition coefficient (Wildman–Crippen LogP) is 1.86. The summed E-state index contributed by atoms with van der Waals surface area (Å²) < 4.78 is 0. The van der Waals surface area contributed by atoms with E-state index in [1.54, 1.807) is 4.90 Å². The first-order valence-corrected chi connectivity index (χ1v) is 5.66. The summed E-state index contributed by atoms with van der Waals surface area (Å²) >= 11 is 0. The largest absolute Gasteiger partial charge is 0.336 e. The third-order valence-electron chi connectivity index (χ3n) is 3.33. The number of rotatable bonds is 2. The van der Waals surface area contributed by atoms with Crippen molar-refractivity contribution in [2.75, 3.05) is 13.1 Å². The maximum atomic E-state index is 11.6. The number of aldehydes is 1. The van der Waals surface area contributed by atoms with Crippen LogP contribution in [0.5, 0.6) is 0 Å². The lowest BCUT2D eigenvalue weighted by Gasteiger charge is -2.29. The first kappa shape index (κ1) is 12.2. The van der Waals surface area contributed by atoms with E-state index in [-0.39, 0.29) is 17.9 Å². The van der Waals surface area contributed by atoms with Gasteiger partial charge in [0, 0.05) is 13.0 Å². The van der Waals surface area contributed by atoms with Crippen LogP contribution >= 0.6 is 0 Å². The monoisotopic (exact) mass is 211 g/mol. The zero-order valence-corrected chi connectivity index (χ0v) is 9.95. The van der Waals surface area contributed by atoms with Crippen LogP contribution in [0.2, 0.25) is 0 Å². The second-order valence-corrected chi connectivity index (χ2v) is 5.40. The molecular formula is C12H21NO2. The van der Waals surface area contributed by atoms with Crippen LogP contribution in [0.15, 0.2) is 0 Å². The van der Waals surface area contributed by atoms with Crippen LogP contribution in [0.3, 0.4) is 0 Å². The number of nitrogens with zero attached hydrogens (tertiary/aromatic N) is 1. The molecule has 1 rings (SSSR count). The van der Waals surface area contributed by atoms with Crippen LogP contribution in [0.25, 0.3) is 0 Å². The Bertz CT molecular complexity index is 242. The lowest BCUT2D eigenvalue weighted by molar-refractivity contribution is -0.132. The van der Waals surface area contributed by atoms with Gasteiger partial charge in [-0.1, -0.05) is 20.8 Å². The van der Waals surface area contributed by atoms with Crippen LogP contribution in [0.4, 0.5) is 0 Å². The second kappa shape index (κ2) is 4.77. The summed E-state index contributed by atoms with van der Waals surface area (Å²) in [4.78, 5) is 23.7. The minimum atomic E-state index is 0.133. The number of likely N-dealkylation sites (tertiary alicyclic amines) is 1. The Morgan fingerprint density at radius 3 is 2.60 bits per heavy atom. The van der Waals surface area contributed by atoms with Crippen molar-refractivity contribution in [2.45, 2.75) is 40.0 Å². The Balaban J connectivity index is 2.61.